The topological polar surface area (TPSA) is 17.8 Å². The van der Waals surface area contributed by atoms with Gasteiger partial charge in [0.05, 0.1) is 5.69 Å². The lowest BCUT2D eigenvalue weighted by atomic mass is 9.86. The summed E-state index contributed by atoms with van der Waals surface area (Å²) in [5, 5.41) is 0. The van der Waals surface area contributed by atoms with Crippen LogP contribution in [0.15, 0.2) is 91.3 Å². The minimum absolute atomic E-state index is 0.179. The normalized spacial score (nSPS) is 17.8. The van der Waals surface area contributed by atoms with Crippen molar-refractivity contribution in [2.24, 2.45) is 5.92 Å². The van der Waals surface area contributed by atoms with Gasteiger partial charge >= 0.3 is 0 Å². The molecule has 1 aliphatic rings. The lowest BCUT2D eigenvalue weighted by molar-refractivity contribution is 0.643. The summed E-state index contributed by atoms with van der Waals surface area (Å²) >= 11 is 0. The predicted molar refractivity (Wildman–Crippen MR) is 193 cm³/mol. The highest BCUT2D eigenvalue weighted by atomic mass is 15.1. The summed E-state index contributed by atoms with van der Waals surface area (Å²) in [6.45, 7) is 18.6. The quantitative estimate of drug-likeness (QED) is 0.157. The van der Waals surface area contributed by atoms with Crippen LogP contribution >= 0.6 is 0 Å². The molecule has 1 saturated carbocycles. The number of aryl methyl sites for hydroxylation is 2. The Morgan fingerprint density at radius 1 is 0.756 bits per heavy atom. The first-order valence-electron chi connectivity index (χ1n) is 17.2. The molecule has 1 unspecified atom stereocenters. The number of nitrogens with zero attached hydrogens (tertiary/aromatic N) is 2. The number of aromatic nitrogens is 2. The van der Waals surface area contributed by atoms with Crippen molar-refractivity contribution in [2.75, 3.05) is 0 Å². The molecular weight excluding hydrogens is 544 g/mol. The highest BCUT2D eigenvalue weighted by Gasteiger charge is 2.51. The monoisotopic (exact) mass is 594 g/mol. The van der Waals surface area contributed by atoms with E-state index in [1.54, 1.807) is 0 Å². The molecule has 0 saturated heterocycles. The lowest BCUT2D eigenvalue weighted by Crippen LogP contribution is -2.12. The van der Waals surface area contributed by atoms with Gasteiger partial charge in [-0.15, -0.1) is 0 Å². The van der Waals surface area contributed by atoms with E-state index in [9.17, 15) is 0 Å². The fraction of sp³-hybridized carbons (Fsp3) is 0.372. The van der Waals surface area contributed by atoms with Crippen molar-refractivity contribution in [1.82, 2.24) is 9.55 Å². The van der Waals surface area contributed by atoms with Crippen LogP contribution in [-0.4, -0.2) is 9.55 Å². The Labute approximate surface area is 271 Å². The van der Waals surface area contributed by atoms with Gasteiger partial charge in [-0.1, -0.05) is 122 Å². The Hall–Kier alpha value is -3.91. The van der Waals surface area contributed by atoms with Gasteiger partial charge in [0.2, 0.25) is 0 Å². The van der Waals surface area contributed by atoms with Crippen LogP contribution in [0, 0.1) is 5.92 Å². The average Bonchev–Trinajstić information content (AvgIpc) is 3.50. The third kappa shape index (κ3) is 5.69. The second-order valence-electron chi connectivity index (χ2n) is 14.0. The van der Waals surface area contributed by atoms with Crippen molar-refractivity contribution in [3.05, 3.63) is 119 Å². The van der Waals surface area contributed by atoms with E-state index < -0.39 is 0 Å². The molecule has 1 aromatic heterocycles. The number of hydrogen-bond acceptors (Lipinski definition) is 1. The van der Waals surface area contributed by atoms with Crippen molar-refractivity contribution in [2.45, 2.75) is 98.3 Å². The van der Waals surface area contributed by atoms with Crippen molar-refractivity contribution in [3.63, 3.8) is 0 Å². The fourth-order valence-corrected chi connectivity index (χ4v) is 7.53. The molecule has 1 heterocycles. The minimum atomic E-state index is 0.179. The molecule has 0 amide bonds. The number of imidazole rings is 1. The smallest absolute Gasteiger partial charge is 0.144 e. The summed E-state index contributed by atoms with van der Waals surface area (Å²) < 4.78 is 2.41. The summed E-state index contributed by atoms with van der Waals surface area (Å²) in [6.07, 6.45) is 8.73. The maximum absolute atomic E-state index is 5.16. The zero-order chi connectivity index (χ0) is 31.9. The van der Waals surface area contributed by atoms with E-state index in [1.165, 1.54) is 74.2 Å². The summed E-state index contributed by atoms with van der Waals surface area (Å²) in [4.78, 5) is 5.16. The van der Waals surface area contributed by atoms with Gasteiger partial charge in [-0.25, -0.2) is 4.98 Å². The first-order valence-corrected chi connectivity index (χ1v) is 17.2. The van der Waals surface area contributed by atoms with E-state index >= 15 is 0 Å². The third-order valence-electron chi connectivity index (χ3n) is 10.5. The Morgan fingerprint density at radius 2 is 1.47 bits per heavy atom. The molecule has 232 valence electrons. The molecule has 0 radical (unpaired) electrons. The molecule has 0 aliphatic heterocycles. The fourth-order valence-electron chi connectivity index (χ4n) is 7.53. The van der Waals surface area contributed by atoms with E-state index in [-0.39, 0.29) is 5.41 Å². The van der Waals surface area contributed by atoms with E-state index in [4.69, 9.17) is 4.98 Å². The lowest BCUT2D eigenvalue weighted by Gasteiger charge is -2.25. The number of hydrogen-bond donors (Lipinski definition) is 0. The van der Waals surface area contributed by atoms with Gasteiger partial charge in [0.15, 0.2) is 0 Å². The Kier molecular flexibility index (Phi) is 8.61. The minimum Gasteiger partial charge on any atom is -0.299 e. The summed E-state index contributed by atoms with van der Waals surface area (Å²) in [7, 11) is 0. The first-order chi connectivity index (χ1) is 21.7. The molecule has 0 N–H and O–H groups in total. The number of benzene rings is 4. The van der Waals surface area contributed by atoms with Gasteiger partial charge in [0.25, 0.3) is 0 Å². The molecule has 5 aromatic rings. The standard InChI is InChI=1S/C43H50N2/c1-9-30-17-19-36(31(10-2)23-30)33-18-20-40(43(8)27-35(43)11-3)39(24-33)42-44-21-22-45(42)41-37(28(4)5)25-34(26-38(41)29(6)7)32-15-13-12-14-16-32/h12-26,28-29,35H,9-11,27H2,1-8H3/t35-,43?/m0/s1. The van der Waals surface area contributed by atoms with Crippen LogP contribution < -0.4 is 0 Å². The van der Waals surface area contributed by atoms with Gasteiger partial charge in [-0.05, 0) is 111 Å². The number of rotatable bonds is 10. The van der Waals surface area contributed by atoms with Crippen LogP contribution in [0.4, 0.5) is 0 Å². The van der Waals surface area contributed by atoms with E-state index in [1.807, 2.05) is 6.20 Å². The van der Waals surface area contributed by atoms with Gasteiger partial charge in [0, 0.05) is 18.0 Å². The highest BCUT2D eigenvalue weighted by molar-refractivity contribution is 5.78. The molecule has 2 atom stereocenters. The van der Waals surface area contributed by atoms with Crippen molar-refractivity contribution in [1.29, 1.82) is 0 Å². The highest BCUT2D eigenvalue weighted by Crippen LogP contribution is 2.58. The SMILES string of the molecule is CCc1ccc(-c2ccc(C3(C)C[C@@H]3CC)c(-c3nccn3-c3c(C(C)C)cc(-c4ccccc4)cc3C(C)C)c2)c(CC)c1. The van der Waals surface area contributed by atoms with Crippen molar-refractivity contribution >= 4 is 0 Å². The second-order valence-corrected chi connectivity index (χ2v) is 14.0. The molecule has 2 heteroatoms. The van der Waals surface area contributed by atoms with Gasteiger partial charge in [-0.2, -0.15) is 0 Å². The zero-order valence-corrected chi connectivity index (χ0v) is 28.6. The van der Waals surface area contributed by atoms with Crippen LogP contribution in [0.2, 0.25) is 0 Å². The Bertz CT molecular complexity index is 1780. The molecule has 0 spiro atoms. The van der Waals surface area contributed by atoms with E-state index in [0.29, 0.717) is 17.8 Å². The summed E-state index contributed by atoms with van der Waals surface area (Å²) in [5.74, 6) is 2.48. The Morgan fingerprint density at radius 3 is 2.07 bits per heavy atom. The molecule has 1 fully saturated rings. The molecular formula is C43H50N2. The molecule has 6 rings (SSSR count). The average molecular weight is 595 g/mol. The molecule has 4 aromatic carbocycles. The molecule has 0 bridgehead atoms. The largest absolute Gasteiger partial charge is 0.299 e. The van der Waals surface area contributed by atoms with Crippen LogP contribution in [0.5, 0.6) is 0 Å². The zero-order valence-electron chi connectivity index (χ0n) is 28.6. The Balaban J connectivity index is 1.59. The third-order valence-corrected chi connectivity index (χ3v) is 10.5. The predicted octanol–water partition coefficient (Wildman–Crippen LogP) is 11.9. The first kappa shape index (κ1) is 31.1. The van der Waals surface area contributed by atoms with Crippen LogP contribution in [0.25, 0.3) is 39.3 Å². The molecule has 45 heavy (non-hydrogen) atoms. The van der Waals surface area contributed by atoms with Crippen LogP contribution in [-0.2, 0) is 18.3 Å². The maximum atomic E-state index is 5.16. The molecule has 1 aliphatic carbocycles. The van der Waals surface area contributed by atoms with Gasteiger partial charge in [0.1, 0.15) is 5.82 Å². The van der Waals surface area contributed by atoms with E-state index in [2.05, 4.69) is 145 Å². The van der Waals surface area contributed by atoms with E-state index in [0.717, 1.165) is 18.7 Å². The summed E-state index contributed by atoms with van der Waals surface area (Å²) in [6, 6.07) is 29.9. The maximum Gasteiger partial charge on any atom is 0.144 e. The second kappa shape index (κ2) is 12.5. The van der Waals surface area contributed by atoms with Crippen molar-refractivity contribution in [3.8, 4) is 39.3 Å². The van der Waals surface area contributed by atoms with Gasteiger partial charge in [-0.3, -0.25) is 4.57 Å². The summed E-state index contributed by atoms with van der Waals surface area (Å²) in [5.41, 5.74) is 14.9. The van der Waals surface area contributed by atoms with Crippen LogP contribution in [0.1, 0.15) is 108 Å². The van der Waals surface area contributed by atoms with Gasteiger partial charge < -0.3 is 0 Å². The van der Waals surface area contributed by atoms with Crippen LogP contribution in [0.3, 0.4) is 0 Å². The van der Waals surface area contributed by atoms with Crippen molar-refractivity contribution < 1.29 is 0 Å². The molecule has 2 nitrogen and oxygen atoms in total.